The highest BCUT2D eigenvalue weighted by atomic mass is 16.6. The minimum absolute atomic E-state index is 0.734. The molecule has 8 heavy (non-hydrogen) atoms. The molecule has 0 saturated carbocycles. The Balaban J connectivity index is 3.83. The molecule has 0 rings (SSSR count). The molecule has 2 N–H and O–H groups in total. The average molecular weight is 118 g/mol. The van der Waals surface area contributed by atoms with Crippen molar-refractivity contribution in [3.05, 3.63) is 10.1 Å². The van der Waals surface area contributed by atoms with Crippen molar-refractivity contribution in [1.29, 1.82) is 0 Å². The van der Waals surface area contributed by atoms with E-state index in [4.69, 9.17) is 0 Å². The maximum absolute atomic E-state index is 9.92. The molecule has 46 valence electrons. The maximum atomic E-state index is 9.92. The first-order valence-corrected chi connectivity index (χ1v) is 1.98. The van der Waals surface area contributed by atoms with Crippen LogP contribution >= 0.6 is 0 Å². The Morgan fingerprint density at radius 2 is 2.25 bits per heavy atom. The second kappa shape index (κ2) is 2.25. The molecule has 5 heteroatoms. The summed E-state index contributed by atoms with van der Waals surface area (Å²) in [6, 6.07) is -1.27. The van der Waals surface area contributed by atoms with E-state index in [2.05, 4.69) is 5.73 Å². The Labute approximate surface area is 45.6 Å². The molecular formula is C3H6N2O3. The van der Waals surface area contributed by atoms with E-state index in [0.717, 1.165) is 6.92 Å². The number of hydrogen-bond donors (Lipinski definition) is 1. The molecule has 0 unspecified atom stereocenters. The minimum Gasteiger partial charge on any atom is -0.364 e. The van der Waals surface area contributed by atoms with Crippen LogP contribution in [0.3, 0.4) is 0 Å². The van der Waals surface area contributed by atoms with E-state index in [0.29, 0.717) is 0 Å². The molecule has 0 bridgehead atoms. The Kier molecular flexibility index (Phi) is 1.93. The van der Waals surface area contributed by atoms with Crippen LogP contribution in [0.1, 0.15) is 6.92 Å². The summed E-state index contributed by atoms with van der Waals surface area (Å²) in [5.41, 5.74) is 4.56. The highest BCUT2D eigenvalue weighted by Gasteiger charge is 2.18. The Morgan fingerprint density at radius 3 is 2.25 bits per heavy atom. The van der Waals surface area contributed by atoms with Crippen molar-refractivity contribution in [3.8, 4) is 0 Å². The second-order valence-electron chi connectivity index (χ2n) is 1.36. The van der Waals surface area contributed by atoms with Gasteiger partial charge < -0.3 is 5.73 Å². The number of primary amides is 1. The quantitative estimate of drug-likeness (QED) is 0.378. The number of carbonyl (C=O) groups excluding carboxylic acids is 1. The van der Waals surface area contributed by atoms with Crippen LogP contribution in [-0.2, 0) is 4.79 Å². The van der Waals surface area contributed by atoms with Gasteiger partial charge in [0, 0.05) is 11.8 Å². The third kappa shape index (κ3) is 1.55. The lowest BCUT2D eigenvalue weighted by Gasteiger charge is -1.93. The third-order valence-electron chi connectivity index (χ3n) is 0.728. The van der Waals surface area contributed by atoms with Gasteiger partial charge in [-0.3, -0.25) is 14.9 Å². The highest BCUT2D eigenvalue weighted by molar-refractivity contribution is 5.77. The first-order valence-electron chi connectivity index (χ1n) is 1.98. The number of amides is 1. The van der Waals surface area contributed by atoms with Crippen LogP contribution < -0.4 is 5.73 Å². The van der Waals surface area contributed by atoms with Gasteiger partial charge in [0.2, 0.25) is 0 Å². The van der Waals surface area contributed by atoms with E-state index in [-0.39, 0.29) is 0 Å². The van der Waals surface area contributed by atoms with Gasteiger partial charge in [0.25, 0.3) is 11.9 Å². The van der Waals surface area contributed by atoms with Gasteiger partial charge in [0.15, 0.2) is 0 Å². The topological polar surface area (TPSA) is 86.2 Å². The lowest BCUT2D eigenvalue weighted by molar-refractivity contribution is -0.503. The van der Waals surface area contributed by atoms with Crippen LogP contribution in [0.2, 0.25) is 0 Å². The van der Waals surface area contributed by atoms with E-state index in [1.807, 2.05) is 0 Å². The van der Waals surface area contributed by atoms with Crippen LogP contribution in [0, 0.1) is 10.1 Å². The van der Waals surface area contributed by atoms with Crippen molar-refractivity contribution in [2.75, 3.05) is 0 Å². The zero-order valence-corrected chi connectivity index (χ0v) is 4.33. The second-order valence-corrected chi connectivity index (χ2v) is 1.36. The molecule has 0 aliphatic heterocycles. The summed E-state index contributed by atoms with van der Waals surface area (Å²) in [7, 11) is 0. The van der Waals surface area contributed by atoms with Gasteiger partial charge >= 0.3 is 0 Å². The fourth-order valence-corrected chi connectivity index (χ4v) is 0.104. The van der Waals surface area contributed by atoms with E-state index < -0.39 is 16.9 Å². The largest absolute Gasteiger partial charge is 0.364 e. The summed E-state index contributed by atoms with van der Waals surface area (Å²) in [6.07, 6.45) is 0. The van der Waals surface area contributed by atoms with Crippen LogP contribution in [0.15, 0.2) is 0 Å². The van der Waals surface area contributed by atoms with Crippen molar-refractivity contribution < 1.29 is 9.72 Å². The first-order chi connectivity index (χ1) is 3.55. The Hall–Kier alpha value is -1.13. The molecule has 0 aliphatic carbocycles. The summed E-state index contributed by atoms with van der Waals surface area (Å²) >= 11 is 0. The van der Waals surface area contributed by atoms with Gasteiger partial charge in [-0.15, -0.1) is 0 Å². The van der Waals surface area contributed by atoms with Crippen molar-refractivity contribution in [1.82, 2.24) is 0 Å². The van der Waals surface area contributed by atoms with Crippen molar-refractivity contribution in [2.24, 2.45) is 5.73 Å². The third-order valence-corrected chi connectivity index (χ3v) is 0.728. The molecule has 0 heterocycles. The van der Waals surface area contributed by atoms with Crippen molar-refractivity contribution in [2.45, 2.75) is 13.0 Å². The highest BCUT2D eigenvalue weighted by Crippen LogP contribution is 1.82. The van der Waals surface area contributed by atoms with Gasteiger partial charge in [0.1, 0.15) is 0 Å². The van der Waals surface area contributed by atoms with E-state index in [1.165, 1.54) is 0 Å². The van der Waals surface area contributed by atoms with Crippen molar-refractivity contribution in [3.63, 3.8) is 0 Å². The molecule has 1 atom stereocenters. The number of nitrogens with zero attached hydrogens (tertiary/aromatic N) is 1. The number of nitro groups is 1. The fraction of sp³-hybridized carbons (Fsp3) is 0.667. The normalized spacial score (nSPS) is 12.6. The van der Waals surface area contributed by atoms with E-state index in [9.17, 15) is 14.9 Å². The van der Waals surface area contributed by atoms with Gasteiger partial charge in [-0.1, -0.05) is 0 Å². The Morgan fingerprint density at radius 1 is 1.88 bits per heavy atom. The molecule has 0 aromatic rings. The first kappa shape index (κ1) is 6.87. The molecule has 1 amide bonds. The van der Waals surface area contributed by atoms with Crippen LogP contribution in [0.5, 0.6) is 0 Å². The summed E-state index contributed by atoms with van der Waals surface area (Å²) in [6.45, 7) is 1.14. The SMILES string of the molecule is C[C@@H](C(N)=O)[N+](=O)[O-]. The lowest BCUT2D eigenvalue weighted by atomic mass is 10.3. The number of carbonyl (C=O) groups is 1. The number of hydrogen-bond acceptors (Lipinski definition) is 3. The van der Waals surface area contributed by atoms with Gasteiger partial charge in [-0.25, -0.2) is 0 Å². The van der Waals surface area contributed by atoms with Gasteiger partial charge in [-0.05, 0) is 0 Å². The summed E-state index contributed by atoms with van der Waals surface area (Å²) < 4.78 is 0. The predicted octanol–water partition coefficient (Wildman–Crippen LogP) is -0.863. The van der Waals surface area contributed by atoms with E-state index >= 15 is 0 Å². The number of rotatable bonds is 2. The fourth-order valence-electron chi connectivity index (χ4n) is 0.104. The molecule has 0 aliphatic rings. The molecule has 0 spiro atoms. The van der Waals surface area contributed by atoms with Gasteiger partial charge in [0.05, 0.1) is 0 Å². The summed E-state index contributed by atoms with van der Waals surface area (Å²) in [5.74, 6) is -0.907. The zero-order chi connectivity index (χ0) is 6.73. The number of nitrogens with two attached hydrogens (primary N) is 1. The molecule has 0 saturated heterocycles. The van der Waals surface area contributed by atoms with Crippen molar-refractivity contribution >= 4 is 5.91 Å². The Bertz CT molecular complexity index is 108. The zero-order valence-electron chi connectivity index (χ0n) is 4.33. The van der Waals surface area contributed by atoms with E-state index in [1.54, 1.807) is 0 Å². The van der Waals surface area contributed by atoms with Crippen LogP contribution in [-0.4, -0.2) is 16.9 Å². The smallest absolute Gasteiger partial charge is 0.291 e. The molecule has 0 aromatic carbocycles. The summed E-state index contributed by atoms with van der Waals surface area (Å²) in [5, 5.41) is 9.65. The molecule has 0 fully saturated rings. The van der Waals surface area contributed by atoms with Crippen LogP contribution in [0.4, 0.5) is 0 Å². The summed E-state index contributed by atoms with van der Waals surface area (Å²) in [4.78, 5) is 18.8. The molecule has 0 radical (unpaired) electrons. The molecule has 0 aromatic heterocycles. The average Bonchev–Trinajstić information content (AvgIpc) is 1.64. The lowest BCUT2D eigenvalue weighted by Crippen LogP contribution is -2.32. The maximum Gasteiger partial charge on any atom is 0.291 e. The standard InChI is InChI=1S/C3H6N2O3/c1-2(3(4)6)5(7)8/h2H,1H3,(H2,4,6)/t2-/m0/s1. The monoisotopic (exact) mass is 118 g/mol. The predicted molar refractivity (Wildman–Crippen MR) is 25.7 cm³/mol. The van der Waals surface area contributed by atoms with Gasteiger partial charge in [-0.2, -0.15) is 0 Å². The van der Waals surface area contributed by atoms with Crippen LogP contribution in [0.25, 0.3) is 0 Å². The molecule has 5 nitrogen and oxygen atoms in total. The molecular weight excluding hydrogens is 112 g/mol. The minimum atomic E-state index is -1.27.